The van der Waals surface area contributed by atoms with E-state index in [9.17, 15) is 24.5 Å². The number of non-ortho nitro benzene ring substituents is 1. The predicted octanol–water partition coefficient (Wildman–Crippen LogP) is 1.51. The molecule has 2 heterocycles. The van der Waals surface area contributed by atoms with Crippen molar-refractivity contribution in [2.75, 3.05) is 5.73 Å². The second-order valence-corrected chi connectivity index (χ2v) is 6.98. The van der Waals surface area contributed by atoms with Crippen molar-refractivity contribution in [3.8, 4) is 5.69 Å². The molecule has 3 N–H and O–H groups in total. The van der Waals surface area contributed by atoms with Crippen LogP contribution in [-0.2, 0) is 5.41 Å². The number of hydrogen-bond acceptors (Lipinski definition) is 6. The Balaban J connectivity index is 2.41. The van der Waals surface area contributed by atoms with Gasteiger partial charge in [0, 0.05) is 18.2 Å². The van der Waals surface area contributed by atoms with E-state index in [1.807, 2.05) is 20.8 Å². The van der Waals surface area contributed by atoms with Crippen LogP contribution in [-0.4, -0.2) is 21.3 Å². The summed E-state index contributed by atoms with van der Waals surface area (Å²) in [5, 5.41) is 13.3. The molecule has 0 atom stereocenters. The van der Waals surface area contributed by atoms with Gasteiger partial charge in [-0.25, -0.2) is 0 Å². The minimum atomic E-state index is -0.709. The van der Waals surface area contributed by atoms with Gasteiger partial charge in [-0.2, -0.15) is 0 Å². The number of nitrogens with one attached hydrogen (secondary N) is 1. The first-order valence-corrected chi connectivity index (χ1v) is 7.73. The normalized spacial score (nSPS) is 13.5. The third kappa shape index (κ3) is 2.53. The molecule has 0 fully saturated rings. The number of rotatable bonds is 2. The molecular formula is C17H16N4O5. The highest BCUT2D eigenvalue weighted by atomic mass is 16.6. The van der Waals surface area contributed by atoms with E-state index >= 15 is 0 Å². The van der Waals surface area contributed by atoms with Gasteiger partial charge in [0.15, 0.2) is 0 Å². The summed E-state index contributed by atoms with van der Waals surface area (Å²) < 4.78 is 1.03. The Kier molecular flexibility index (Phi) is 3.68. The molecule has 0 unspecified atom stereocenters. The lowest BCUT2D eigenvalue weighted by Gasteiger charge is -2.24. The predicted molar refractivity (Wildman–Crippen MR) is 93.6 cm³/mol. The molecule has 26 heavy (non-hydrogen) atoms. The van der Waals surface area contributed by atoms with Gasteiger partial charge in [-0.15, -0.1) is 0 Å². The van der Waals surface area contributed by atoms with Gasteiger partial charge >= 0.3 is 0 Å². The van der Waals surface area contributed by atoms with Gasteiger partial charge in [-0.05, 0) is 17.0 Å². The molecule has 0 saturated carbocycles. The summed E-state index contributed by atoms with van der Waals surface area (Å²) in [4.78, 5) is 47.0. The highest BCUT2D eigenvalue weighted by molar-refractivity contribution is 6.23. The van der Waals surface area contributed by atoms with Gasteiger partial charge in [0.1, 0.15) is 5.82 Å². The van der Waals surface area contributed by atoms with Gasteiger partial charge in [0.2, 0.25) is 0 Å². The van der Waals surface area contributed by atoms with E-state index in [-0.39, 0.29) is 28.3 Å². The summed E-state index contributed by atoms with van der Waals surface area (Å²) >= 11 is 0. The number of benzene rings is 1. The Morgan fingerprint density at radius 1 is 1.12 bits per heavy atom. The highest BCUT2D eigenvalue weighted by Gasteiger charge is 2.33. The maximum atomic E-state index is 12.6. The standard InChI is InChI=1S/C17H16N4O5/c1-17(2,3)10-5-4-8(21(25)26)6-11(10)20-12(22)7-9-13(14(20)18)16(24)19-15(9)23/h4-7H,18H2,1-3H3,(H,19,23,24). The first-order chi connectivity index (χ1) is 12.0. The van der Waals surface area contributed by atoms with Crippen LogP contribution in [0.3, 0.4) is 0 Å². The van der Waals surface area contributed by atoms with Gasteiger partial charge in [0.25, 0.3) is 23.1 Å². The van der Waals surface area contributed by atoms with E-state index in [2.05, 4.69) is 5.32 Å². The number of anilines is 1. The molecule has 0 bridgehead atoms. The SMILES string of the molecule is CC(C)(C)c1ccc([N+](=O)[O-])cc1-n1c(N)c2c(cc1=O)C(=O)NC2=O. The van der Waals surface area contributed by atoms with Gasteiger partial charge in [-0.3, -0.25) is 34.4 Å². The lowest BCUT2D eigenvalue weighted by atomic mass is 9.85. The summed E-state index contributed by atoms with van der Waals surface area (Å²) in [7, 11) is 0. The van der Waals surface area contributed by atoms with Crippen LogP contribution in [0.4, 0.5) is 11.5 Å². The average Bonchev–Trinajstić information content (AvgIpc) is 2.80. The van der Waals surface area contributed by atoms with Crippen molar-refractivity contribution in [1.29, 1.82) is 0 Å². The van der Waals surface area contributed by atoms with Crippen LogP contribution in [0.1, 0.15) is 47.1 Å². The van der Waals surface area contributed by atoms with Gasteiger partial charge < -0.3 is 5.73 Å². The Morgan fingerprint density at radius 2 is 1.77 bits per heavy atom. The number of nitrogens with zero attached hydrogens (tertiary/aromatic N) is 2. The molecule has 2 amide bonds. The number of hydrogen-bond donors (Lipinski definition) is 2. The van der Waals surface area contributed by atoms with Crippen LogP contribution in [0.5, 0.6) is 0 Å². The first kappa shape index (κ1) is 17.3. The Bertz CT molecular complexity index is 1050. The number of fused-ring (bicyclic) bond motifs is 1. The Hall–Kier alpha value is -3.49. The minimum absolute atomic E-state index is 0.100. The van der Waals surface area contributed by atoms with Crippen molar-refractivity contribution >= 4 is 23.3 Å². The molecule has 3 rings (SSSR count). The number of carbonyl (C=O) groups excluding carboxylic acids is 2. The van der Waals surface area contributed by atoms with E-state index in [4.69, 9.17) is 5.73 Å². The topological polar surface area (TPSA) is 137 Å². The summed E-state index contributed by atoms with van der Waals surface area (Å²) in [6, 6.07) is 5.14. The zero-order valence-corrected chi connectivity index (χ0v) is 14.3. The lowest BCUT2D eigenvalue weighted by molar-refractivity contribution is -0.384. The number of nitro groups is 1. The average molecular weight is 356 g/mol. The van der Waals surface area contributed by atoms with Crippen LogP contribution in [0.15, 0.2) is 29.1 Å². The third-order valence-corrected chi connectivity index (χ3v) is 4.19. The number of amides is 2. The molecule has 0 radical (unpaired) electrons. The van der Waals surface area contributed by atoms with E-state index in [0.717, 1.165) is 10.6 Å². The minimum Gasteiger partial charge on any atom is -0.384 e. The fourth-order valence-corrected chi connectivity index (χ4v) is 2.98. The zero-order chi connectivity index (χ0) is 19.4. The van der Waals surface area contributed by atoms with Gasteiger partial charge in [-0.1, -0.05) is 20.8 Å². The van der Waals surface area contributed by atoms with Crippen molar-refractivity contribution in [1.82, 2.24) is 9.88 Å². The van der Waals surface area contributed by atoms with Crippen LogP contribution in [0.2, 0.25) is 0 Å². The van der Waals surface area contributed by atoms with E-state index in [0.29, 0.717) is 5.56 Å². The fraction of sp³-hybridized carbons (Fsp3) is 0.235. The molecule has 134 valence electrons. The first-order valence-electron chi connectivity index (χ1n) is 7.73. The molecule has 1 aromatic carbocycles. The van der Waals surface area contributed by atoms with Crippen LogP contribution in [0.25, 0.3) is 5.69 Å². The number of imide groups is 1. The van der Waals surface area contributed by atoms with Gasteiger partial charge in [0.05, 0.1) is 21.7 Å². The number of pyridine rings is 1. The highest BCUT2D eigenvalue weighted by Crippen LogP contribution is 2.33. The van der Waals surface area contributed by atoms with Crippen molar-refractivity contribution in [3.63, 3.8) is 0 Å². The second-order valence-electron chi connectivity index (χ2n) is 6.98. The molecule has 0 saturated heterocycles. The van der Waals surface area contributed by atoms with Crippen molar-refractivity contribution < 1.29 is 14.5 Å². The van der Waals surface area contributed by atoms with E-state index in [1.165, 1.54) is 12.1 Å². The lowest BCUT2D eigenvalue weighted by Crippen LogP contribution is -2.27. The summed E-state index contributed by atoms with van der Waals surface area (Å²) in [6.07, 6.45) is 0. The summed E-state index contributed by atoms with van der Waals surface area (Å²) in [6.45, 7) is 5.63. The Morgan fingerprint density at radius 3 is 2.35 bits per heavy atom. The number of nitrogen functional groups attached to an aromatic ring is 1. The molecule has 2 aromatic rings. The van der Waals surface area contributed by atoms with Crippen molar-refractivity contribution in [3.05, 3.63) is 61.4 Å². The molecule has 0 aliphatic carbocycles. The third-order valence-electron chi connectivity index (χ3n) is 4.19. The molecule has 9 heteroatoms. The number of nitro benzene ring substituents is 1. The number of nitrogens with two attached hydrogens (primary N) is 1. The zero-order valence-electron chi connectivity index (χ0n) is 14.3. The van der Waals surface area contributed by atoms with Crippen molar-refractivity contribution in [2.24, 2.45) is 0 Å². The van der Waals surface area contributed by atoms with E-state index < -0.39 is 27.7 Å². The monoisotopic (exact) mass is 356 g/mol. The second kappa shape index (κ2) is 5.51. The summed E-state index contributed by atoms with van der Waals surface area (Å²) in [5.74, 6) is -1.64. The quantitative estimate of drug-likeness (QED) is 0.475. The van der Waals surface area contributed by atoms with Crippen LogP contribution >= 0.6 is 0 Å². The maximum absolute atomic E-state index is 12.6. The molecule has 1 aliphatic rings. The maximum Gasteiger partial charge on any atom is 0.271 e. The smallest absolute Gasteiger partial charge is 0.271 e. The molecule has 1 aliphatic heterocycles. The van der Waals surface area contributed by atoms with Crippen LogP contribution in [0, 0.1) is 10.1 Å². The Labute approximate surface area is 147 Å². The van der Waals surface area contributed by atoms with E-state index in [1.54, 1.807) is 6.07 Å². The number of carbonyl (C=O) groups is 2. The largest absolute Gasteiger partial charge is 0.384 e. The molecule has 0 spiro atoms. The molecule has 1 aromatic heterocycles. The molecule has 9 nitrogen and oxygen atoms in total. The fourth-order valence-electron chi connectivity index (χ4n) is 2.98. The van der Waals surface area contributed by atoms with Crippen LogP contribution < -0.4 is 16.6 Å². The van der Waals surface area contributed by atoms with Crippen molar-refractivity contribution in [2.45, 2.75) is 26.2 Å². The number of aromatic nitrogens is 1. The molecular weight excluding hydrogens is 340 g/mol. The summed E-state index contributed by atoms with van der Waals surface area (Å²) in [5.41, 5.74) is 5.31.